The van der Waals surface area contributed by atoms with E-state index in [0.29, 0.717) is 5.69 Å². The number of aryl methyl sites for hydroxylation is 1. The van der Waals surface area contributed by atoms with Crippen LogP contribution in [0, 0.1) is 0 Å². The molecule has 2 aromatic rings. The molecule has 4 rings (SSSR count). The van der Waals surface area contributed by atoms with Gasteiger partial charge in [0.15, 0.2) is 5.69 Å². The number of hydrogen-bond acceptors (Lipinski definition) is 3. The molecule has 0 unspecified atom stereocenters. The van der Waals surface area contributed by atoms with Crippen molar-refractivity contribution < 1.29 is 4.79 Å². The van der Waals surface area contributed by atoms with Crippen molar-refractivity contribution in [3.05, 3.63) is 41.1 Å². The van der Waals surface area contributed by atoms with Crippen molar-refractivity contribution in [2.45, 2.75) is 38.5 Å². The monoisotopic (exact) mass is 310 g/mol. The molecule has 0 atom stereocenters. The highest BCUT2D eigenvalue weighted by Gasteiger charge is 2.28. The zero-order valence-corrected chi connectivity index (χ0v) is 13.3. The van der Waals surface area contributed by atoms with Gasteiger partial charge in [0.1, 0.15) is 0 Å². The Kier molecular flexibility index (Phi) is 3.56. The second-order valence-corrected chi connectivity index (χ2v) is 6.45. The van der Waals surface area contributed by atoms with Crippen molar-refractivity contribution in [1.29, 1.82) is 0 Å². The molecule has 0 bridgehead atoms. The molecule has 1 fully saturated rings. The zero-order chi connectivity index (χ0) is 15.8. The van der Waals surface area contributed by atoms with E-state index in [9.17, 15) is 4.79 Å². The maximum atomic E-state index is 11.9. The number of piperidine rings is 1. The highest BCUT2D eigenvalue weighted by molar-refractivity contribution is 5.94. The number of nitrogens with zero attached hydrogens (tertiary/aromatic N) is 3. The predicted molar refractivity (Wildman–Crippen MR) is 90.0 cm³/mol. The molecular formula is C18H22N4O. The van der Waals surface area contributed by atoms with E-state index in [1.165, 1.54) is 30.4 Å². The summed E-state index contributed by atoms with van der Waals surface area (Å²) in [6.07, 6.45) is 6.51. The fraction of sp³-hybridized carbons (Fsp3) is 0.444. The largest absolute Gasteiger partial charge is 0.364 e. The van der Waals surface area contributed by atoms with Crippen LogP contribution in [0.4, 0.5) is 0 Å². The van der Waals surface area contributed by atoms with Gasteiger partial charge in [-0.2, -0.15) is 4.79 Å². The Balaban J connectivity index is 1.93. The Labute approximate surface area is 136 Å². The Morgan fingerprint density at radius 3 is 2.61 bits per heavy atom. The third-order valence-corrected chi connectivity index (χ3v) is 4.95. The van der Waals surface area contributed by atoms with Crippen LogP contribution in [-0.2, 0) is 12.8 Å². The quantitative estimate of drug-likeness (QED) is 0.925. The molecule has 1 saturated heterocycles. The van der Waals surface area contributed by atoms with E-state index in [1.54, 1.807) is 0 Å². The van der Waals surface area contributed by atoms with E-state index in [4.69, 9.17) is 5.73 Å². The van der Waals surface area contributed by atoms with E-state index < -0.39 is 5.91 Å². The standard InChI is InChI=1S/C18H22N4O/c19-18(23)16-15-10-6-8-13-7-2-3-9-14(13)17(15)22(20-16)21-11-4-1-5-12-21/h2-3,7,9H,1,4-6,8,10-12H2,(H2,19,23). The van der Waals surface area contributed by atoms with Crippen molar-refractivity contribution in [3.63, 3.8) is 0 Å². The molecule has 5 nitrogen and oxygen atoms in total. The summed E-state index contributed by atoms with van der Waals surface area (Å²) >= 11 is 0. The van der Waals surface area contributed by atoms with E-state index in [-0.39, 0.29) is 0 Å². The molecule has 2 aliphatic rings. The minimum absolute atomic E-state index is 0.420. The molecule has 23 heavy (non-hydrogen) atoms. The smallest absolute Gasteiger partial charge is 0.269 e. The van der Waals surface area contributed by atoms with Crippen LogP contribution in [0.5, 0.6) is 0 Å². The number of aromatic nitrogens is 2. The van der Waals surface area contributed by atoms with Gasteiger partial charge in [-0.1, -0.05) is 24.3 Å². The van der Waals surface area contributed by atoms with Gasteiger partial charge in [0.05, 0.1) is 5.69 Å². The van der Waals surface area contributed by atoms with Gasteiger partial charge in [-0.05, 0) is 44.1 Å². The van der Waals surface area contributed by atoms with Crippen molar-refractivity contribution in [2.24, 2.45) is 5.73 Å². The number of benzene rings is 1. The first-order valence-electron chi connectivity index (χ1n) is 8.51. The lowest BCUT2D eigenvalue weighted by molar-refractivity contribution is 0.0993. The number of carbonyl (C=O) groups is 1. The normalized spacial score (nSPS) is 17.3. The van der Waals surface area contributed by atoms with Crippen LogP contribution in [-0.4, -0.2) is 28.9 Å². The first kappa shape index (κ1) is 14.3. The number of amides is 1. The maximum absolute atomic E-state index is 11.9. The van der Waals surface area contributed by atoms with Gasteiger partial charge in [-0.15, -0.1) is 5.10 Å². The maximum Gasteiger partial charge on any atom is 0.269 e. The molecule has 0 saturated carbocycles. The van der Waals surface area contributed by atoms with Crippen LogP contribution in [0.15, 0.2) is 24.3 Å². The average Bonchev–Trinajstić information content (AvgIpc) is 2.86. The fourth-order valence-corrected chi connectivity index (χ4v) is 3.84. The van der Waals surface area contributed by atoms with E-state index in [2.05, 4.69) is 34.4 Å². The SMILES string of the molecule is NC(=O)c1nn(N2CCCCC2)c2c1CCCc1ccccc1-2. The van der Waals surface area contributed by atoms with Gasteiger partial charge in [0.2, 0.25) is 0 Å². The first-order chi connectivity index (χ1) is 11.3. The molecule has 1 aliphatic heterocycles. The van der Waals surface area contributed by atoms with Crippen LogP contribution >= 0.6 is 0 Å². The third-order valence-electron chi connectivity index (χ3n) is 4.95. The average molecular weight is 310 g/mol. The Morgan fingerprint density at radius 2 is 1.83 bits per heavy atom. The number of carbonyl (C=O) groups excluding carboxylic acids is 1. The molecule has 0 radical (unpaired) electrons. The summed E-state index contributed by atoms with van der Waals surface area (Å²) in [6.45, 7) is 1.96. The number of primary amides is 1. The lowest BCUT2D eigenvalue weighted by atomic mass is 10.0. The Bertz CT molecular complexity index is 743. The first-order valence-corrected chi connectivity index (χ1v) is 8.51. The molecule has 2 N–H and O–H groups in total. The lowest BCUT2D eigenvalue weighted by Crippen LogP contribution is -2.40. The highest BCUT2D eigenvalue weighted by atomic mass is 16.1. The molecule has 0 spiro atoms. The van der Waals surface area contributed by atoms with Gasteiger partial charge >= 0.3 is 0 Å². The van der Waals surface area contributed by atoms with Crippen molar-refractivity contribution in [2.75, 3.05) is 18.1 Å². The number of hydrogen-bond donors (Lipinski definition) is 1. The van der Waals surface area contributed by atoms with Crippen LogP contribution in [0.25, 0.3) is 11.3 Å². The summed E-state index contributed by atoms with van der Waals surface area (Å²) in [5, 5.41) is 6.88. The van der Waals surface area contributed by atoms with Crippen LogP contribution < -0.4 is 10.7 Å². The highest BCUT2D eigenvalue weighted by Crippen LogP contribution is 2.34. The van der Waals surface area contributed by atoms with Crippen LogP contribution in [0.3, 0.4) is 0 Å². The third kappa shape index (κ3) is 2.40. The predicted octanol–water partition coefficient (Wildman–Crippen LogP) is 2.26. The van der Waals surface area contributed by atoms with E-state index >= 15 is 0 Å². The summed E-state index contributed by atoms with van der Waals surface area (Å²) in [4.78, 5) is 13.9. The minimum atomic E-state index is -0.420. The van der Waals surface area contributed by atoms with Crippen molar-refractivity contribution in [1.82, 2.24) is 9.89 Å². The zero-order valence-electron chi connectivity index (χ0n) is 13.3. The number of nitrogens with two attached hydrogens (primary N) is 1. The molecule has 1 aromatic heterocycles. The summed E-state index contributed by atoms with van der Waals surface area (Å²) in [5.41, 5.74) is 10.7. The molecule has 2 heterocycles. The molecule has 1 amide bonds. The molecule has 1 aliphatic carbocycles. The van der Waals surface area contributed by atoms with Crippen LogP contribution in [0.1, 0.15) is 47.3 Å². The fourth-order valence-electron chi connectivity index (χ4n) is 3.84. The molecular weight excluding hydrogens is 288 g/mol. The number of fused-ring (bicyclic) bond motifs is 3. The molecule has 1 aromatic carbocycles. The van der Waals surface area contributed by atoms with Gasteiger partial charge in [0.25, 0.3) is 5.91 Å². The Morgan fingerprint density at radius 1 is 1.04 bits per heavy atom. The van der Waals surface area contributed by atoms with E-state index in [1.807, 2.05) is 4.79 Å². The topological polar surface area (TPSA) is 64.2 Å². The Hall–Kier alpha value is -2.30. The summed E-state index contributed by atoms with van der Waals surface area (Å²) < 4.78 is 0. The van der Waals surface area contributed by atoms with Gasteiger partial charge < -0.3 is 5.73 Å². The van der Waals surface area contributed by atoms with E-state index in [0.717, 1.165) is 43.6 Å². The summed E-state index contributed by atoms with van der Waals surface area (Å²) in [5.74, 6) is -0.420. The van der Waals surface area contributed by atoms with Crippen LogP contribution in [0.2, 0.25) is 0 Å². The second-order valence-electron chi connectivity index (χ2n) is 6.45. The number of rotatable bonds is 2. The lowest BCUT2D eigenvalue weighted by Gasteiger charge is -2.30. The van der Waals surface area contributed by atoms with Gasteiger partial charge in [-0.25, -0.2) is 0 Å². The van der Waals surface area contributed by atoms with Crippen molar-refractivity contribution in [3.8, 4) is 11.3 Å². The summed E-state index contributed by atoms with van der Waals surface area (Å²) in [7, 11) is 0. The minimum Gasteiger partial charge on any atom is -0.364 e. The second kappa shape index (κ2) is 5.72. The van der Waals surface area contributed by atoms with Crippen molar-refractivity contribution >= 4 is 5.91 Å². The van der Waals surface area contributed by atoms with Gasteiger partial charge in [-0.3, -0.25) is 9.80 Å². The van der Waals surface area contributed by atoms with Gasteiger partial charge in [0, 0.05) is 24.2 Å². The summed E-state index contributed by atoms with van der Waals surface area (Å²) in [6, 6.07) is 8.47. The molecule has 5 heteroatoms. The molecule has 120 valence electrons.